The molecule has 1 saturated heterocycles. The van der Waals surface area contributed by atoms with E-state index in [4.69, 9.17) is 4.84 Å². The minimum Gasteiger partial charge on any atom is -0.480 e. The summed E-state index contributed by atoms with van der Waals surface area (Å²) in [4.78, 5) is 104. The van der Waals surface area contributed by atoms with Crippen molar-refractivity contribution in [2.24, 2.45) is 11.3 Å². The minimum atomic E-state index is -1.85. The molecule has 5 amide bonds. The van der Waals surface area contributed by atoms with E-state index < -0.39 is 77.3 Å². The number of hydroxylamine groups is 1. The summed E-state index contributed by atoms with van der Waals surface area (Å²) in [6, 6.07) is 4.85. The lowest BCUT2D eigenvalue weighted by Crippen LogP contribution is -2.60. The third kappa shape index (κ3) is 10.4. The molecule has 1 aliphatic rings. The Morgan fingerprint density at radius 1 is 0.956 bits per heavy atom. The van der Waals surface area contributed by atoms with Gasteiger partial charge in [0, 0.05) is 19.3 Å². The van der Waals surface area contributed by atoms with Gasteiger partial charge in [-0.2, -0.15) is 5.48 Å². The van der Waals surface area contributed by atoms with E-state index >= 15 is 0 Å². The molecule has 1 aromatic carbocycles. The van der Waals surface area contributed by atoms with E-state index in [1.54, 1.807) is 44.2 Å². The van der Waals surface area contributed by atoms with Crippen LogP contribution in [0.1, 0.15) is 65.4 Å². The summed E-state index contributed by atoms with van der Waals surface area (Å²) in [6.07, 6.45) is -0.134. The molecule has 0 spiro atoms. The molecule has 15 heteroatoms. The Morgan fingerprint density at radius 2 is 1.60 bits per heavy atom. The van der Waals surface area contributed by atoms with Gasteiger partial charge in [-0.05, 0) is 30.7 Å². The molecule has 1 fully saturated rings. The van der Waals surface area contributed by atoms with Crippen LogP contribution in [0.2, 0.25) is 0 Å². The summed E-state index contributed by atoms with van der Waals surface area (Å²) in [6.45, 7) is 5.92. The van der Waals surface area contributed by atoms with E-state index in [1.807, 2.05) is 5.48 Å². The first-order valence-electron chi connectivity index (χ1n) is 14.7. The molecule has 246 valence electrons. The average molecular weight is 632 g/mol. The number of hydrogen-bond donors (Lipinski definition) is 6. The molecule has 1 heterocycles. The van der Waals surface area contributed by atoms with Crippen molar-refractivity contribution in [3.63, 3.8) is 0 Å². The summed E-state index contributed by atoms with van der Waals surface area (Å²) in [5.74, 6) is -6.92. The number of carboxylic acids is 1. The molecule has 0 aliphatic carbocycles. The zero-order chi connectivity index (χ0) is 33.7. The van der Waals surface area contributed by atoms with Gasteiger partial charge in [0.2, 0.25) is 17.7 Å². The van der Waals surface area contributed by atoms with Crippen LogP contribution in [0, 0.1) is 11.3 Å². The Kier molecular flexibility index (Phi) is 13.6. The minimum absolute atomic E-state index is 0.00264. The summed E-state index contributed by atoms with van der Waals surface area (Å²) < 4.78 is 0. The van der Waals surface area contributed by atoms with Crippen molar-refractivity contribution < 1.29 is 48.3 Å². The number of carbonyl (C=O) groups is 8. The van der Waals surface area contributed by atoms with Crippen molar-refractivity contribution in [1.82, 2.24) is 26.7 Å². The van der Waals surface area contributed by atoms with Crippen molar-refractivity contribution in [3.8, 4) is 0 Å². The zero-order valence-electron chi connectivity index (χ0n) is 25.8. The number of Topliss-reactive ketones (excluding diaryl/α,β-unsaturated/α-hetero) is 1. The number of hydrogen-bond acceptors (Lipinski definition) is 9. The molecule has 15 nitrogen and oxygen atoms in total. The van der Waals surface area contributed by atoms with Crippen LogP contribution in [0.3, 0.4) is 0 Å². The summed E-state index contributed by atoms with van der Waals surface area (Å²) >= 11 is 0. The summed E-state index contributed by atoms with van der Waals surface area (Å²) in [5.41, 5.74) is 0.656. The molecule has 1 aliphatic heterocycles. The van der Waals surface area contributed by atoms with Crippen LogP contribution in [0.25, 0.3) is 0 Å². The van der Waals surface area contributed by atoms with E-state index in [0.29, 0.717) is 5.56 Å². The van der Waals surface area contributed by atoms with Gasteiger partial charge in [0.05, 0.1) is 6.54 Å². The average Bonchev–Trinajstić information content (AvgIpc) is 3.00. The Bertz CT molecular complexity index is 1280. The number of carbonyl (C=O) groups excluding carboxylic acids is 7. The second-order valence-corrected chi connectivity index (χ2v) is 11.1. The molecule has 0 saturated carbocycles. The van der Waals surface area contributed by atoms with E-state index in [9.17, 15) is 43.5 Å². The molecule has 2 rings (SSSR count). The first-order valence-corrected chi connectivity index (χ1v) is 14.7. The molecular formula is C30H41N5O10. The number of piperidine rings is 1. The number of rotatable bonds is 15. The Morgan fingerprint density at radius 3 is 2.18 bits per heavy atom. The predicted molar refractivity (Wildman–Crippen MR) is 158 cm³/mol. The van der Waals surface area contributed by atoms with Crippen molar-refractivity contribution in [1.29, 1.82) is 0 Å². The quantitative estimate of drug-likeness (QED) is 0.109. The molecular weight excluding hydrogens is 590 g/mol. The predicted octanol–water partition coefficient (Wildman–Crippen LogP) is -0.326. The van der Waals surface area contributed by atoms with Gasteiger partial charge in [-0.15, -0.1) is 0 Å². The topological polar surface area (TPSA) is 226 Å². The fourth-order valence-corrected chi connectivity index (χ4v) is 4.65. The van der Waals surface area contributed by atoms with Gasteiger partial charge in [-0.1, -0.05) is 58.0 Å². The maximum Gasteiger partial charge on any atom is 0.349 e. The molecule has 1 unspecified atom stereocenters. The van der Waals surface area contributed by atoms with Crippen molar-refractivity contribution in [2.45, 2.75) is 84.3 Å². The van der Waals surface area contributed by atoms with E-state index in [1.165, 1.54) is 13.8 Å². The Hall–Kier alpha value is -4.82. The highest BCUT2D eigenvalue weighted by Gasteiger charge is 2.45. The Balaban J connectivity index is 2.12. The van der Waals surface area contributed by atoms with Crippen molar-refractivity contribution in [3.05, 3.63) is 35.9 Å². The van der Waals surface area contributed by atoms with E-state index in [0.717, 1.165) is 0 Å². The van der Waals surface area contributed by atoms with E-state index in [-0.39, 0.29) is 44.4 Å². The number of nitrogens with one attached hydrogen (secondary N) is 5. The Labute approximate surface area is 260 Å². The monoisotopic (exact) mass is 631 g/mol. The third-order valence-electron chi connectivity index (χ3n) is 7.43. The first-order chi connectivity index (χ1) is 21.2. The molecule has 0 aromatic heterocycles. The SMILES string of the molecule is CCC(CC)(C(=O)O)C(=O)ONC(=O)CNC(=O)[C@H](Cc1ccccc1)NC(=O)[C@H](CC(C)C)NC(=O)C1NC(=O)CCC1=O. The summed E-state index contributed by atoms with van der Waals surface area (Å²) in [7, 11) is 0. The molecule has 0 radical (unpaired) electrons. The maximum atomic E-state index is 13.4. The maximum absolute atomic E-state index is 13.4. The number of ketones is 1. The molecule has 1 aromatic rings. The largest absolute Gasteiger partial charge is 0.480 e. The van der Waals surface area contributed by atoms with Crippen molar-refractivity contribution >= 4 is 47.3 Å². The van der Waals surface area contributed by atoms with E-state index in [2.05, 4.69) is 21.3 Å². The normalized spacial score (nSPS) is 16.1. The van der Waals surface area contributed by atoms with Gasteiger partial charge in [-0.25, -0.2) is 4.79 Å². The first kappa shape index (κ1) is 36.4. The number of aliphatic carboxylic acids is 1. The van der Waals surface area contributed by atoms with Gasteiger partial charge >= 0.3 is 11.9 Å². The smallest absolute Gasteiger partial charge is 0.349 e. The number of amides is 5. The second kappa shape index (κ2) is 16.9. The van der Waals surface area contributed by atoms with Crippen LogP contribution in [-0.4, -0.2) is 77.0 Å². The van der Waals surface area contributed by atoms with Crippen molar-refractivity contribution in [2.75, 3.05) is 6.54 Å². The van der Waals surface area contributed by atoms with Gasteiger partial charge in [-0.3, -0.25) is 33.6 Å². The lowest BCUT2D eigenvalue weighted by Gasteiger charge is -2.27. The lowest BCUT2D eigenvalue weighted by atomic mass is 9.83. The molecule has 0 bridgehead atoms. The molecule has 3 atom stereocenters. The van der Waals surface area contributed by atoms with Crippen LogP contribution in [0.5, 0.6) is 0 Å². The number of benzene rings is 1. The summed E-state index contributed by atoms with van der Waals surface area (Å²) in [5, 5.41) is 19.2. The third-order valence-corrected chi connectivity index (χ3v) is 7.43. The van der Waals surface area contributed by atoms with Gasteiger partial charge < -0.3 is 31.2 Å². The van der Waals surface area contributed by atoms with Crippen LogP contribution in [0.4, 0.5) is 0 Å². The highest BCUT2D eigenvalue weighted by atomic mass is 16.7. The van der Waals surface area contributed by atoms with Gasteiger partial charge in [0.1, 0.15) is 12.1 Å². The standard InChI is InChI=1S/C30H41N5O10/c1-5-30(6-2,28(42)43)29(44)45-35-23(38)16-31-25(39)20(15-18-10-8-7-9-11-18)32-26(40)19(14-17(3)4)33-27(41)24-21(36)12-13-22(37)34-24/h7-11,17,19-20,24H,5-6,12-16H2,1-4H3,(H,31,39)(H,32,40)(H,33,41)(H,34,37)(H,35,38)(H,42,43)/t19-,20-,24?/m0/s1. The lowest BCUT2D eigenvalue weighted by molar-refractivity contribution is -0.177. The van der Waals surface area contributed by atoms with Crippen LogP contribution >= 0.6 is 0 Å². The van der Waals surface area contributed by atoms with Crippen LogP contribution in [-0.2, 0) is 49.6 Å². The van der Waals surface area contributed by atoms with Gasteiger partial charge in [0.15, 0.2) is 17.2 Å². The number of carboxylic acid groups (broad SMARTS) is 1. The fraction of sp³-hybridized carbons (Fsp3) is 0.533. The second-order valence-electron chi connectivity index (χ2n) is 11.1. The highest BCUT2D eigenvalue weighted by Crippen LogP contribution is 2.28. The van der Waals surface area contributed by atoms with Gasteiger partial charge in [0.25, 0.3) is 11.8 Å². The highest BCUT2D eigenvalue weighted by molar-refractivity contribution is 6.11. The molecule has 45 heavy (non-hydrogen) atoms. The molecule has 6 N–H and O–H groups in total. The van der Waals surface area contributed by atoms with Crippen LogP contribution < -0.4 is 26.7 Å². The fourth-order valence-electron chi connectivity index (χ4n) is 4.65. The van der Waals surface area contributed by atoms with Crippen LogP contribution in [0.15, 0.2) is 30.3 Å². The zero-order valence-corrected chi connectivity index (χ0v) is 25.8.